The maximum Gasteiger partial charge on any atom is 0.0351 e. The first-order valence-electron chi connectivity index (χ1n) is 8.06. The van der Waals surface area contributed by atoms with Crippen molar-refractivity contribution in [3.8, 4) is 0 Å². The van der Waals surface area contributed by atoms with Crippen LogP contribution in [-0.4, -0.2) is 6.04 Å². The molecule has 3 rings (SSSR count). The lowest BCUT2D eigenvalue weighted by Gasteiger charge is -2.27. The summed E-state index contributed by atoms with van der Waals surface area (Å²) in [6, 6.07) is 10.4. The van der Waals surface area contributed by atoms with Crippen molar-refractivity contribution in [3.05, 3.63) is 35.4 Å². The van der Waals surface area contributed by atoms with Gasteiger partial charge in [-0.25, -0.2) is 0 Å². The molecule has 1 nitrogen and oxygen atoms in total. The minimum atomic E-state index is 0.594. The molecule has 0 radical (unpaired) electrons. The van der Waals surface area contributed by atoms with E-state index in [4.69, 9.17) is 0 Å². The molecule has 2 unspecified atom stereocenters. The van der Waals surface area contributed by atoms with E-state index in [1.165, 1.54) is 49.7 Å². The van der Waals surface area contributed by atoms with Crippen LogP contribution in [0.4, 0.5) is 0 Å². The predicted molar refractivity (Wildman–Crippen MR) is 81.2 cm³/mol. The van der Waals surface area contributed by atoms with E-state index in [-0.39, 0.29) is 0 Å². The number of nitrogens with one attached hydrogen (secondary N) is 1. The van der Waals surface area contributed by atoms with Crippen molar-refractivity contribution in [2.45, 2.75) is 64.5 Å². The highest BCUT2D eigenvalue weighted by Crippen LogP contribution is 2.42. The summed E-state index contributed by atoms with van der Waals surface area (Å²) >= 11 is 0. The summed E-state index contributed by atoms with van der Waals surface area (Å²) in [6.07, 6.45) is 8.55. The highest BCUT2D eigenvalue weighted by Gasteiger charge is 2.34. The molecule has 0 spiro atoms. The largest absolute Gasteiger partial charge is 0.307 e. The van der Waals surface area contributed by atoms with E-state index in [1.54, 1.807) is 0 Å². The Morgan fingerprint density at radius 3 is 2.16 bits per heavy atom. The Morgan fingerprint density at radius 2 is 1.58 bits per heavy atom. The minimum Gasteiger partial charge on any atom is -0.307 e. The fourth-order valence-corrected chi connectivity index (χ4v) is 3.58. The molecule has 2 saturated carbocycles. The molecule has 104 valence electrons. The monoisotopic (exact) mass is 257 g/mol. The molecular weight excluding hydrogens is 230 g/mol. The summed E-state index contributed by atoms with van der Waals surface area (Å²) in [5, 5.41) is 3.96. The van der Waals surface area contributed by atoms with Crippen molar-refractivity contribution in [1.29, 1.82) is 0 Å². The van der Waals surface area contributed by atoms with E-state index in [0.717, 1.165) is 11.8 Å². The fourth-order valence-electron chi connectivity index (χ4n) is 3.58. The van der Waals surface area contributed by atoms with Gasteiger partial charge in [0.1, 0.15) is 0 Å². The first-order valence-corrected chi connectivity index (χ1v) is 8.06. The number of rotatable bonds is 5. The van der Waals surface area contributed by atoms with Gasteiger partial charge in [-0.1, -0.05) is 42.7 Å². The maximum absolute atomic E-state index is 3.96. The predicted octanol–water partition coefficient (Wildman–Crippen LogP) is 4.61. The normalized spacial score (nSPS) is 23.5. The maximum atomic E-state index is 3.96. The lowest BCUT2D eigenvalue weighted by molar-refractivity contribution is 0.327. The number of hydrogen-bond donors (Lipinski definition) is 1. The molecule has 1 aromatic rings. The minimum absolute atomic E-state index is 0.594. The van der Waals surface area contributed by atoms with Crippen LogP contribution >= 0.6 is 0 Å². The molecule has 0 aromatic heterocycles. The molecule has 0 bridgehead atoms. The van der Waals surface area contributed by atoms with Gasteiger partial charge in [-0.3, -0.25) is 0 Å². The first kappa shape index (κ1) is 13.2. The number of hydrogen-bond acceptors (Lipinski definition) is 1. The second kappa shape index (κ2) is 5.66. The molecule has 0 amide bonds. The molecule has 1 N–H and O–H groups in total. The fraction of sp³-hybridized carbons (Fsp3) is 0.667. The van der Waals surface area contributed by atoms with Gasteiger partial charge < -0.3 is 5.32 Å². The third-order valence-electron chi connectivity index (χ3n) is 5.08. The van der Waals surface area contributed by atoms with Crippen LogP contribution in [0, 0.1) is 18.8 Å². The molecule has 2 aliphatic rings. The summed E-state index contributed by atoms with van der Waals surface area (Å²) in [6.45, 7) is 4.57. The van der Waals surface area contributed by atoms with E-state index in [2.05, 4.69) is 43.4 Å². The van der Waals surface area contributed by atoms with Crippen LogP contribution in [0.2, 0.25) is 0 Å². The molecule has 2 atom stereocenters. The van der Waals surface area contributed by atoms with Crippen LogP contribution in [0.15, 0.2) is 24.3 Å². The van der Waals surface area contributed by atoms with E-state index in [9.17, 15) is 0 Å². The zero-order valence-corrected chi connectivity index (χ0v) is 12.4. The van der Waals surface area contributed by atoms with Gasteiger partial charge in [0.2, 0.25) is 0 Å². The van der Waals surface area contributed by atoms with Crippen LogP contribution in [0.25, 0.3) is 0 Å². The van der Waals surface area contributed by atoms with Crippen molar-refractivity contribution < 1.29 is 0 Å². The summed E-state index contributed by atoms with van der Waals surface area (Å²) in [5.74, 6) is 1.79. The second-order valence-corrected chi connectivity index (χ2v) is 6.73. The lowest BCUT2D eigenvalue weighted by Crippen LogP contribution is -2.36. The standard InChI is InChI=1S/C18H27N/c1-13-7-9-16(10-8-13)18(17-11-12-17)19-14(2)15-5-3-4-6-15/h7-10,14-15,17-19H,3-6,11-12H2,1-2H3. The van der Waals surface area contributed by atoms with Crippen LogP contribution in [0.5, 0.6) is 0 Å². The molecule has 2 fully saturated rings. The molecule has 2 aliphatic carbocycles. The number of benzene rings is 1. The molecule has 1 aromatic carbocycles. The molecule has 0 saturated heterocycles. The number of aryl methyl sites for hydroxylation is 1. The third kappa shape index (κ3) is 3.20. The summed E-state index contributed by atoms with van der Waals surface area (Å²) in [4.78, 5) is 0. The van der Waals surface area contributed by atoms with E-state index in [1.807, 2.05) is 0 Å². The van der Waals surface area contributed by atoms with Crippen molar-refractivity contribution in [3.63, 3.8) is 0 Å². The van der Waals surface area contributed by atoms with Gasteiger partial charge in [-0.2, -0.15) is 0 Å². The van der Waals surface area contributed by atoms with Crippen LogP contribution < -0.4 is 5.32 Å². The van der Waals surface area contributed by atoms with E-state index >= 15 is 0 Å². The van der Waals surface area contributed by atoms with Gasteiger partial charge in [0.25, 0.3) is 0 Å². The Morgan fingerprint density at radius 1 is 0.947 bits per heavy atom. The highest BCUT2D eigenvalue weighted by atomic mass is 15.0. The molecule has 1 heteroatoms. The van der Waals surface area contributed by atoms with Gasteiger partial charge in [0, 0.05) is 12.1 Å². The van der Waals surface area contributed by atoms with Gasteiger partial charge in [0.15, 0.2) is 0 Å². The SMILES string of the molecule is Cc1ccc(C(NC(C)C2CCCC2)C2CC2)cc1. The zero-order chi connectivity index (χ0) is 13.2. The molecular formula is C18H27N. The van der Waals surface area contributed by atoms with Crippen molar-refractivity contribution in [2.24, 2.45) is 11.8 Å². The van der Waals surface area contributed by atoms with Gasteiger partial charge in [-0.15, -0.1) is 0 Å². The van der Waals surface area contributed by atoms with E-state index in [0.29, 0.717) is 12.1 Å². The Hall–Kier alpha value is -0.820. The van der Waals surface area contributed by atoms with Crippen LogP contribution in [-0.2, 0) is 0 Å². The third-order valence-corrected chi connectivity index (χ3v) is 5.08. The van der Waals surface area contributed by atoms with Gasteiger partial charge in [-0.05, 0) is 56.9 Å². The molecule has 0 heterocycles. The van der Waals surface area contributed by atoms with Gasteiger partial charge in [0.05, 0.1) is 0 Å². The quantitative estimate of drug-likeness (QED) is 0.812. The summed E-state index contributed by atoms with van der Waals surface area (Å²) in [5.41, 5.74) is 2.86. The highest BCUT2D eigenvalue weighted by molar-refractivity contribution is 5.25. The second-order valence-electron chi connectivity index (χ2n) is 6.73. The van der Waals surface area contributed by atoms with Crippen molar-refractivity contribution in [2.75, 3.05) is 0 Å². The topological polar surface area (TPSA) is 12.0 Å². The summed E-state index contributed by atoms with van der Waals surface area (Å²) in [7, 11) is 0. The van der Waals surface area contributed by atoms with Crippen LogP contribution in [0.3, 0.4) is 0 Å². The van der Waals surface area contributed by atoms with Crippen molar-refractivity contribution in [1.82, 2.24) is 5.32 Å². The van der Waals surface area contributed by atoms with Gasteiger partial charge >= 0.3 is 0 Å². The zero-order valence-electron chi connectivity index (χ0n) is 12.4. The first-order chi connectivity index (χ1) is 9.24. The summed E-state index contributed by atoms with van der Waals surface area (Å²) < 4.78 is 0. The Kier molecular flexibility index (Phi) is 3.93. The lowest BCUT2D eigenvalue weighted by atomic mass is 9.95. The smallest absolute Gasteiger partial charge is 0.0351 e. The Balaban J connectivity index is 1.68. The van der Waals surface area contributed by atoms with E-state index < -0.39 is 0 Å². The van der Waals surface area contributed by atoms with Crippen LogP contribution in [0.1, 0.15) is 62.6 Å². The molecule has 19 heavy (non-hydrogen) atoms. The average molecular weight is 257 g/mol. The Labute approximate surface area is 117 Å². The van der Waals surface area contributed by atoms with Crippen molar-refractivity contribution >= 4 is 0 Å². The average Bonchev–Trinajstić information content (AvgIpc) is 3.10. The Bertz CT molecular complexity index is 398. The molecule has 0 aliphatic heterocycles.